The van der Waals surface area contributed by atoms with E-state index in [0.717, 1.165) is 32.6 Å². The van der Waals surface area contributed by atoms with Gasteiger partial charge in [0.05, 0.1) is 0 Å². The third-order valence-corrected chi connectivity index (χ3v) is 4.24. The molecule has 0 bridgehead atoms. The molecule has 1 saturated heterocycles. The van der Waals surface area contributed by atoms with Gasteiger partial charge in [0, 0.05) is 50.1 Å². The fourth-order valence-electron chi connectivity index (χ4n) is 3.19. The van der Waals surface area contributed by atoms with Gasteiger partial charge in [-0.2, -0.15) is 0 Å². The van der Waals surface area contributed by atoms with Crippen LogP contribution in [0, 0.1) is 5.92 Å². The normalized spacial score (nSPS) is 23.8. The Balaban J connectivity index is 1.63. The molecule has 1 aliphatic heterocycles. The predicted molar refractivity (Wildman–Crippen MR) is 81.7 cm³/mol. The summed E-state index contributed by atoms with van der Waals surface area (Å²) in [4.78, 5) is 16.5. The van der Waals surface area contributed by atoms with Crippen LogP contribution >= 0.6 is 0 Å². The highest BCUT2D eigenvalue weighted by molar-refractivity contribution is 5.91. The van der Waals surface area contributed by atoms with Gasteiger partial charge in [-0.15, -0.1) is 0 Å². The van der Waals surface area contributed by atoms with Crippen LogP contribution in [0.2, 0.25) is 0 Å². The molecule has 1 heterocycles. The van der Waals surface area contributed by atoms with E-state index in [1.165, 1.54) is 11.4 Å². The lowest BCUT2D eigenvalue weighted by Crippen LogP contribution is -2.46. The molecule has 0 spiro atoms. The Labute approximate surface area is 120 Å². The van der Waals surface area contributed by atoms with Crippen molar-refractivity contribution in [2.24, 2.45) is 5.92 Å². The quantitative estimate of drug-likeness (QED) is 0.825. The maximum Gasteiger partial charge on any atom is 0.157 e. The number of anilines is 1. The topological polar surface area (TPSA) is 23.6 Å². The molecule has 1 aliphatic carbocycles. The number of hydrogen-bond donors (Lipinski definition) is 0. The van der Waals surface area contributed by atoms with E-state index < -0.39 is 0 Å². The van der Waals surface area contributed by atoms with Crippen LogP contribution in [0.4, 0.5) is 5.69 Å². The molecule has 3 nitrogen and oxygen atoms in total. The number of piperazine rings is 1. The van der Waals surface area contributed by atoms with E-state index in [-0.39, 0.29) is 0 Å². The fourth-order valence-corrected chi connectivity index (χ4v) is 3.19. The summed E-state index contributed by atoms with van der Waals surface area (Å²) in [7, 11) is 0. The van der Waals surface area contributed by atoms with Gasteiger partial charge < -0.3 is 9.80 Å². The lowest BCUT2D eigenvalue weighted by molar-refractivity contribution is -0.116. The minimum Gasteiger partial charge on any atom is -0.371 e. The summed E-state index contributed by atoms with van der Waals surface area (Å²) in [6, 6.07) is 10.6. The number of allylic oxidation sites excluding steroid dienone is 2. The Hall–Kier alpha value is -1.77. The van der Waals surface area contributed by atoms with Gasteiger partial charge in [0.15, 0.2) is 5.78 Å². The number of benzene rings is 1. The summed E-state index contributed by atoms with van der Waals surface area (Å²) >= 11 is 0. The molecule has 0 saturated carbocycles. The molecular weight excluding hydrogens is 248 g/mol. The second kappa shape index (κ2) is 5.70. The smallest absolute Gasteiger partial charge is 0.157 e. The number of hydrogen-bond acceptors (Lipinski definition) is 3. The van der Waals surface area contributed by atoms with Crippen LogP contribution in [-0.4, -0.2) is 36.9 Å². The Morgan fingerprint density at radius 1 is 0.950 bits per heavy atom. The minimum absolute atomic E-state index is 0.296. The van der Waals surface area contributed by atoms with Crippen molar-refractivity contribution in [1.82, 2.24) is 4.90 Å². The first-order valence-electron chi connectivity index (χ1n) is 7.51. The first kappa shape index (κ1) is 13.2. The molecule has 0 amide bonds. The summed E-state index contributed by atoms with van der Waals surface area (Å²) in [5, 5.41) is 0. The number of nitrogens with zero attached hydrogens (tertiary/aromatic N) is 2. The highest BCUT2D eigenvalue weighted by atomic mass is 16.1. The van der Waals surface area contributed by atoms with E-state index >= 15 is 0 Å². The van der Waals surface area contributed by atoms with Crippen LogP contribution < -0.4 is 4.90 Å². The first-order valence-corrected chi connectivity index (χ1v) is 7.51. The number of carbonyl (C=O) groups is 1. The largest absolute Gasteiger partial charge is 0.371 e. The second-order valence-corrected chi connectivity index (χ2v) is 5.93. The molecule has 1 fully saturated rings. The molecule has 0 N–H and O–H groups in total. The molecular formula is C17H22N2O. The maximum absolute atomic E-state index is 11.7. The van der Waals surface area contributed by atoms with E-state index in [9.17, 15) is 4.79 Å². The maximum atomic E-state index is 11.7. The molecule has 1 aromatic rings. The van der Waals surface area contributed by atoms with Crippen LogP contribution in [0.1, 0.15) is 19.8 Å². The molecule has 1 atom stereocenters. The van der Waals surface area contributed by atoms with Crippen molar-refractivity contribution >= 4 is 11.5 Å². The van der Waals surface area contributed by atoms with Crippen molar-refractivity contribution in [2.45, 2.75) is 19.8 Å². The summed E-state index contributed by atoms with van der Waals surface area (Å²) in [5.41, 5.74) is 2.55. The molecule has 106 valence electrons. The van der Waals surface area contributed by atoms with Gasteiger partial charge in [-0.3, -0.25) is 4.79 Å². The zero-order valence-corrected chi connectivity index (χ0v) is 12.1. The van der Waals surface area contributed by atoms with Crippen LogP contribution in [0.25, 0.3) is 0 Å². The van der Waals surface area contributed by atoms with Gasteiger partial charge in [-0.25, -0.2) is 0 Å². The van der Waals surface area contributed by atoms with Crippen LogP contribution in [0.3, 0.4) is 0 Å². The van der Waals surface area contributed by atoms with Crippen LogP contribution in [0.5, 0.6) is 0 Å². The van der Waals surface area contributed by atoms with E-state index in [2.05, 4.69) is 47.1 Å². The van der Waals surface area contributed by atoms with E-state index in [1.54, 1.807) is 0 Å². The minimum atomic E-state index is 0.296. The first-order chi connectivity index (χ1) is 9.72. The van der Waals surface area contributed by atoms with E-state index in [1.807, 2.05) is 6.08 Å². The Morgan fingerprint density at radius 3 is 2.25 bits per heavy atom. The van der Waals surface area contributed by atoms with Crippen molar-refractivity contribution < 1.29 is 4.79 Å². The van der Waals surface area contributed by atoms with Crippen molar-refractivity contribution in [1.29, 1.82) is 0 Å². The second-order valence-electron chi connectivity index (χ2n) is 5.93. The van der Waals surface area contributed by atoms with Gasteiger partial charge in [0.1, 0.15) is 0 Å². The number of rotatable bonds is 2. The molecule has 0 radical (unpaired) electrons. The van der Waals surface area contributed by atoms with Crippen molar-refractivity contribution in [2.75, 3.05) is 31.1 Å². The van der Waals surface area contributed by atoms with Crippen LogP contribution in [-0.2, 0) is 4.79 Å². The Bertz CT molecular complexity index is 501. The van der Waals surface area contributed by atoms with Gasteiger partial charge >= 0.3 is 0 Å². The van der Waals surface area contributed by atoms with E-state index in [0.29, 0.717) is 18.1 Å². The molecule has 0 aromatic heterocycles. The zero-order chi connectivity index (χ0) is 13.9. The molecule has 2 aliphatic rings. The van der Waals surface area contributed by atoms with Gasteiger partial charge in [0.2, 0.25) is 0 Å². The van der Waals surface area contributed by atoms with Gasteiger partial charge in [-0.05, 0) is 24.5 Å². The lowest BCUT2D eigenvalue weighted by Gasteiger charge is -2.39. The fraction of sp³-hybridized carbons (Fsp3) is 0.471. The molecule has 20 heavy (non-hydrogen) atoms. The lowest BCUT2D eigenvalue weighted by atomic mass is 9.92. The summed E-state index contributed by atoms with van der Waals surface area (Å²) in [6.45, 7) is 6.26. The molecule has 1 aromatic carbocycles. The molecule has 1 unspecified atom stereocenters. The predicted octanol–water partition coefficient (Wildman–Crippen LogP) is 2.69. The summed E-state index contributed by atoms with van der Waals surface area (Å²) < 4.78 is 0. The molecule has 3 rings (SSSR count). The van der Waals surface area contributed by atoms with Crippen molar-refractivity contribution in [3.8, 4) is 0 Å². The van der Waals surface area contributed by atoms with Gasteiger partial charge in [-0.1, -0.05) is 25.1 Å². The average molecular weight is 270 g/mol. The highest BCUT2D eigenvalue weighted by Crippen LogP contribution is 2.26. The number of para-hydroxylation sites is 1. The van der Waals surface area contributed by atoms with Crippen LogP contribution in [0.15, 0.2) is 42.1 Å². The third-order valence-electron chi connectivity index (χ3n) is 4.24. The Morgan fingerprint density at radius 2 is 1.60 bits per heavy atom. The van der Waals surface area contributed by atoms with Crippen molar-refractivity contribution in [3.05, 3.63) is 42.1 Å². The number of ketones is 1. The summed E-state index contributed by atoms with van der Waals surface area (Å²) in [5.74, 6) is 0.791. The van der Waals surface area contributed by atoms with E-state index in [4.69, 9.17) is 0 Å². The Kier molecular flexibility index (Phi) is 3.77. The average Bonchev–Trinajstić information content (AvgIpc) is 2.47. The third kappa shape index (κ3) is 2.87. The monoisotopic (exact) mass is 270 g/mol. The standard InChI is InChI=1S/C17H22N2O/c1-14-11-16(13-17(20)12-14)19-9-7-18(8-10-19)15-5-3-2-4-6-15/h2-6,13-14H,7-12H2,1H3. The number of carbonyl (C=O) groups excluding carboxylic acids is 1. The molecule has 3 heteroatoms. The van der Waals surface area contributed by atoms with Crippen molar-refractivity contribution in [3.63, 3.8) is 0 Å². The highest BCUT2D eigenvalue weighted by Gasteiger charge is 2.24. The summed E-state index contributed by atoms with van der Waals surface area (Å²) in [6.07, 6.45) is 3.64. The zero-order valence-electron chi connectivity index (χ0n) is 12.1. The SMILES string of the molecule is CC1CC(=O)C=C(N2CCN(c3ccccc3)CC2)C1. The van der Waals surface area contributed by atoms with Gasteiger partial charge in [0.25, 0.3) is 0 Å².